The topological polar surface area (TPSA) is 117 Å². The van der Waals surface area contributed by atoms with Gasteiger partial charge in [0.05, 0.1) is 17.1 Å². The number of thiophene rings is 1. The quantitative estimate of drug-likeness (QED) is 0.325. The molecule has 0 aliphatic carbocycles. The van der Waals surface area contributed by atoms with Crippen molar-refractivity contribution in [1.29, 1.82) is 5.26 Å². The Kier molecular flexibility index (Phi) is 7.54. The standard InChI is InChI=1S/C29H30N6O2S/c1-18-14-21(16-30)15-19(2)25(18)37-28-26-24(10-13-38-26)33-29(34-28)32-23-4-3-11-35(12-9-23)17-20-5-7-22(8-6-20)27(31)36/h5-8,10,13-15,23H,3-4,9,11-12,17H2,1-2H3,(H2,31,36)(H,32,33,34). The second kappa shape index (κ2) is 11.2. The van der Waals surface area contributed by atoms with E-state index in [0.29, 0.717) is 23.0 Å². The van der Waals surface area contributed by atoms with Crippen LogP contribution < -0.4 is 15.8 Å². The maximum Gasteiger partial charge on any atom is 0.248 e. The Labute approximate surface area is 226 Å². The molecule has 1 amide bonds. The number of primary amides is 1. The van der Waals surface area contributed by atoms with Gasteiger partial charge in [0.15, 0.2) is 0 Å². The van der Waals surface area contributed by atoms with Gasteiger partial charge in [-0.3, -0.25) is 9.69 Å². The first-order chi connectivity index (χ1) is 18.4. The number of nitrogens with one attached hydrogen (secondary N) is 1. The lowest BCUT2D eigenvalue weighted by Gasteiger charge is -2.21. The Balaban J connectivity index is 1.28. The molecule has 0 bridgehead atoms. The largest absolute Gasteiger partial charge is 0.437 e. The van der Waals surface area contributed by atoms with E-state index in [0.717, 1.165) is 66.0 Å². The van der Waals surface area contributed by atoms with Gasteiger partial charge in [0.25, 0.3) is 0 Å². The molecule has 1 saturated heterocycles. The Bertz CT molecular complexity index is 1490. The second-order valence-electron chi connectivity index (χ2n) is 9.75. The van der Waals surface area contributed by atoms with Gasteiger partial charge in [0, 0.05) is 24.7 Å². The maximum absolute atomic E-state index is 11.3. The van der Waals surface area contributed by atoms with Gasteiger partial charge in [-0.2, -0.15) is 10.2 Å². The van der Waals surface area contributed by atoms with Crippen LogP contribution in [-0.2, 0) is 6.54 Å². The van der Waals surface area contributed by atoms with Crippen molar-refractivity contribution in [2.75, 3.05) is 18.4 Å². The number of amides is 1. The molecular formula is C29H30N6O2S. The molecule has 1 atom stereocenters. The molecule has 1 aliphatic rings. The third kappa shape index (κ3) is 5.77. The molecule has 8 nitrogen and oxygen atoms in total. The minimum Gasteiger partial charge on any atom is -0.437 e. The van der Waals surface area contributed by atoms with Crippen molar-refractivity contribution in [3.8, 4) is 17.7 Å². The summed E-state index contributed by atoms with van der Waals surface area (Å²) in [6.45, 7) is 6.68. The Hall–Kier alpha value is -4.00. The average molecular weight is 527 g/mol. The number of ether oxygens (including phenoxy) is 1. The van der Waals surface area contributed by atoms with Crippen LogP contribution in [0.2, 0.25) is 0 Å². The normalized spacial score (nSPS) is 16.1. The zero-order chi connectivity index (χ0) is 26.6. The van der Waals surface area contributed by atoms with E-state index < -0.39 is 5.91 Å². The molecule has 2 aromatic carbocycles. The van der Waals surface area contributed by atoms with Crippen LogP contribution in [0.3, 0.4) is 0 Å². The fraction of sp³-hybridized carbons (Fsp3) is 0.310. The first kappa shape index (κ1) is 25.6. The lowest BCUT2D eigenvalue weighted by atomic mass is 10.1. The number of fused-ring (bicyclic) bond motifs is 1. The lowest BCUT2D eigenvalue weighted by molar-refractivity contribution is 0.1000. The van der Waals surface area contributed by atoms with E-state index in [4.69, 9.17) is 20.4 Å². The molecule has 1 fully saturated rings. The van der Waals surface area contributed by atoms with Crippen LogP contribution in [0.1, 0.15) is 51.9 Å². The van der Waals surface area contributed by atoms with Crippen LogP contribution in [0.25, 0.3) is 10.2 Å². The van der Waals surface area contributed by atoms with Gasteiger partial charge in [0.2, 0.25) is 17.7 Å². The van der Waals surface area contributed by atoms with Gasteiger partial charge in [-0.25, -0.2) is 4.98 Å². The van der Waals surface area contributed by atoms with Crippen LogP contribution in [-0.4, -0.2) is 39.9 Å². The monoisotopic (exact) mass is 526 g/mol. The van der Waals surface area contributed by atoms with Gasteiger partial charge in [-0.1, -0.05) is 12.1 Å². The summed E-state index contributed by atoms with van der Waals surface area (Å²) in [6.07, 6.45) is 3.05. The first-order valence-electron chi connectivity index (χ1n) is 12.7. The van der Waals surface area contributed by atoms with Crippen LogP contribution in [0.4, 0.5) is 5.95 Å². The summed E-state index contributed by atoms with van der Waals surface area (Å²) < 4.78 is 7.24. The van der Waals surface area contributed by atoms with Crippen LogP contribution in [0.15, 0.2) is 47.8 Å². The van der Waals surface area contributed by atoms with Gasteiger partial charge in [-0.05, 0) is 92.1 Å². The minimum absolute atomic E-state index is 0.250. The number of hydrogen-bond acceptors (Lipinski definition) is 8. The fourth-order valence-electron chi connectivity index (χ4n) is 4.92. The van der Waals surface area contributed by atoms with Gasteiger partial charge >= 0.3 is 0 Å². The van der Waals surface area contributed by atoms with Crippen molar-refractivity contribution in [2.45, 2.75) is 45.7 Å². The molecule has 0 radical (unpaired) electrons. The highest BCUT2D eigenvalue weighted by Gasteiger charge is 2.20. The smallest absolute Gasteiger partial charge is 0.248 e. The molecule has 9 heteroatoms. The summed E-state index contributed by atoms with van der Waals surface area (Å²) >= 11 is 1.55. The van der Waals surface area contributed by atoms with Crippen molar-refractivity contribution >= 4 is 33.4 Å². The molecule has 3 N–H and O–H groups in total. The third-order valence-electron chi connectivity index (χ3n) is 6.86. The minimum atomic E-state index is -0.404. The number of anilines is 1. The number of nitriles is 1. The highest BCUT2D eigenvalue weighted by atomic mass is 32.1. The van der Waals surface area contributed by atoms with Crippen LogP contribution >= 0.6 is 11.3 Å². The van der Waals surface area contributed by atoms with Crippen molar-refractivity contribution in [3.05, 3.63) is 75.7 Å². The maximum atomic E-state index is 11.3. The summed E-state index contributed by atoms with van der Waals surface area (Å²) in [5.41, 5.74) is 10.3. The zero-order valence-electron chi connectivity index (χ0n) is 21.5. The summed E-state index contributed by atoms with van der Waals surface area (Å²) in [7, 11) is 0. The third-order valence-corrected chi connectivity index (χ3v) is 7.75. The van der Waals surface area contributed by atoms with E-state index in [2.05, 4.69) is 16.3 Å². The molecule has 1 aliphatic heterocycles. The van der Waals surface area contributed by atoms with Crippen LogP contribution in [0.5, 0.6) is 11.6 Å². The predicted octanol–water partition coefficient (Wildman–Crippen LogP) is 5.54. The van der Waals surface area contributed by atoms with E-state index in [9.17, 15) is 10.1 Å². The second-order valence-corrected chi connectivity index (χ2v) is 10.7. The van der Waals surface area contributed by atoms with E-state index in [1.54, 1.807) is 23.5 Å². The Morgan fingerprint density at radius 3 is 2.63 bits per heavy atom. The first-order valence-corrected chi connectivity index (χ1v) is 13.6. The van der Waals surface area contributed by atoms with Gasteiger partial charge in [-0.15, -0.1) is 11.3 Å². The van der Waals surface area contributed by atoms with E-state index in [1.165, 1.54) is 5.56 Å². The number of carbonyl (C=O) groups is 1. The number of nitrogens with two attached hydrogens (primary N) is 1. The van der Waals surface area contributed by atoms with Gasteiger partial charge < -0.3 is 15.8 Å². The molecule has 38 heavy (non-hydrogen) atoms. The highest BCUT2D eigenvalue weighted by molar-refractivity contribution is 7.17. The molecule has 1 unspecified atom stereocenters. The number of carbonyl (C=O) groups excluding carboxylic acids is 1. The average Bonchev–Trinajstić information content (AvgIpc) is 3.27. The molecule has 4 aromatic rings. The fourth-order valence-corrected chi connectivity index (χ4v) is 5.67. The molecule has 2 aromatic heterocycles. The molecule has 0 saturated carbocycles. The lowest BCUT2D eigenvalue weighted by Crippen LogP contribution is -2.26. The molecular weight excluding hydrogens is 496 g/mol. The van der Waals surface area contributed by atoms with Crippen molar-refractivity contribution in [2.24, 2.45) is 5.73 Å². The van der Waals surface area contributed by atoms with Crippen molar-refractivity contribution < 1.29 is 9.53 Å². The molecule has 3 heterocycles. The van der Waals surface area contributed by atoms with E-state index in [-0.39, 0.29) is 6.04 Å². The number of aromatic nitrogens is 2. The van der Waals surface area contributed by atoms with E-state index >= 15 is 0 Å². The van der Waals surface area contributed by atoms with Gasteiger partial charge in [0.1, 0.15) is 10.4 Å². The summed E-state index contributed by atoms with van der Waals surface area (Å²) in [4.78, 5) is 23.3. The number of benzene rings is 2. The number of aryl methyl sites for hydroxylation is 2. The summed E-state index contributed by atoms with van der Waals surface area (Å²) in [5, 5.41) is 14.8. The summed E-state index contributed by atoms with van der Waals surface area (Å²) in [6, 6.07) is 15.6. The predicted molar refractivity (Wildman–Crippen MR) is 150 cm³/mol. The Morgan fingerprint density at radius 2 is 1.92 bits per heavy atom. The van der Waals surface area contributed by atoms with Crippen molar-refractivity contribution in [3.63, 3.8) is 0 Å². The number of nitrogens with zero attached hydrogens (tertiary/aromatic N) is 4. The Morgan fingerprint density at radius 1 is 1.16 bits per heavy atom. The molecule has 194 valence electrons. The number of likely N-dealkylation sites (tertiary alicyclic amines) is 1. The number of rotatable bonds is 7. The molecule has 5 rings (SSSR count). The zero-order valence-corrected chi connectivity index (χ0v) is 22.3. The SMILES string of the molecule is Cc1cc(C#N)cc(C)c1Oc1nc(NC2CCCN(Cc3ccc(C(N)=O)cc3)CC2)nc2ccsc12. The van der Waals surface area contributed by atoms with E-state index in [1.807, 2.05) is 49.6 Å². The van der Waals surface area contributed by atoms with Crippen LogP contribution in [0, 0.1) is 25.2 Å². The molecule has 0 spiro atoms. The number of hydrogen-bond donors (Lipinski definition) is 2. The highest BCUT2D eigenvalue weighted by Crippen LogP contribution is 2.35. The van der Waals surface area contributed by atoms with Crippen molar-refractivity contribution in [1.82, 2.24) is 14.9 Å². The summed E-state index contributed by atoms with van der Waals surface area (Å²) in [5.74, 6) is 1.41.